The maximum atomic E-state index is 13.8. The number of hydrogen-bond donors (Lipinski definition) is 1. The predicted molar refractivity (Wildman–Crippen MR) is 92.3 cm³/mol. The third kappa shape index (κ3) is 1.94. The summed E-state index contributed by atoms with van der Waals surface area (Å²) in [6.07, 6.45) is 0. The number of anilines is 3. The molecule has 0 spiro atoms. The molecule has 1 atom stereocenters. The Hall–Kier alpha value is -2.51. The average molecular weight is 306 g/mol. The van der Waals surface area contributed by atoms with Crippen LogP contribution in [0.3, 0.4) is 0 Å². The van der Waals surface area contributed by atoms with Gasteiger partial charge in [0.2, 0.25) is 0 Å². The number of para-hydroxylation sites is 3. The summed E-state index contributed by atoms with van der Waals surface area (Å²) in [4.78, 5) is 0. The van der Waals surface area contributed by atoms with Gasteiger partial charge < -0.3 is 5.09 Å². The average Bonchev–Trinajstić information content (AvgIpc) is 2.90. The van der Waals surface area contributed by atoms with Crippen LogP contribution in [0.5, 0.6) is 0 Å². The summed E-state index contributed by atoms with van der Waals surface area (Å²) in [6, 6.07) is 27.4. The standard InChI is InChI=1S/C18H15N2OP/c21-22(16-11-5-2-6-12-16)19-17-13-7-8-14-18(17)20(22)15-9-3-1-4-10-15/h1-14H,(H,19,21)/t22-/m0/s1. The quantitative estimate of drug-likeness (QED) is 0.692. The molecule has 0 aliphatic carbocycles. The molecule has 0 unspecified atom stereocenters. The normalized spacial score (nSPS) is 19.5. The van der Waals surface area contributed by atoms with Crippen LogP contribution < -0.4 is 15.1 Å². The van der Waals surface area contributed by atoms with Crippen molar-refractivity contribution in [3.8, 4) is 0 Å². The Kier molecular flexibility index (Phi) is 3.02. The molecule has 0 saturated carbocycles. The minimum absolute atomic E-state index is 0.801. The van der Waals surface area contributed by atoms with Crippen molar-refractivity contribution in [3.63, 3.8) is 0 Å². The van der Waals surface area contributed by atoms with E-state index in [1.54, 1.807) is 0 Å². The molecular weight excluding hydrogens is 291 g/mol. The zero-order valence-electron chi connectivity index (χ0n) is 11.9. The van der Waals surface area contributed by atoms with Crippen molar-refractivity contribution in [1.29, 1.82) is 0 Å². The van der Waals surface area contributed by atoms with Crippen molar-refractivity contribution < 1.29 is 4.57 Å². The van der Waals surface area contributed by atoms with Crippen LogP contribution in [-0.4, -0.2) is 0 Å². The lowest BCUT2D eigenvalue weighted by Gasteiger charge is -2.27. The Bertz CT molecular complexity index is 849. The Morgan fingerprint density at radius 3 is 2.05 bits per heavy atom. The zero-order chi connectivity index (χ0) is 15.0. The van der Waals surface area contributed by atoms with Crippen LogP contribution >= 0.6 is 7.44 Å². The predicted octanol–water partition coefficient (Wildman–Crippen LogP) is 4.77. The van der Waals surface area contributed by atoms with Crippen molar-refractivity contribution in [2.75, 3.05) is 9.76 Å². The van der Waals surface area contributed by atoms with E-state index in [9.17, 15) is 4.57 Å². The Balaban J connectivity index is 1.95. The molecule has 4 rings (SSSR count). The minimum atomic E-state index is -2.95. The molecule has 0 saturated heterocycles. The SMILES string of the molecule is O=[P@@]1(c2ccccc2)Nc2ccccc2N1c1ccccc1. The molecule has 108 valence electrons. The van der Waals surface area contributed by atoms with Crippen molar-refractivity contribution in [1.82, 2.24) is 0 Å². The minimum Gasteiger partial charge on any atom is -0.315 e. The van der Waals surface area contributed by atoms with Gasteiger partial charge in [0.1, 0.15) is 0 Å². The highest BCUT2D eigenvalue weighted by Crippen LogP contribution is 2.62. The first kappa shape index (κ1) is 13.2. The van der Waals surface area contributed by atoms with Gasteiger partial charge >= 0.3 is 0 Å². The van der Waals surface area contributed by atoms with E-state index in [1.807, 2.05) is 89.6 Å². The van der Waals surface area contributed by atoms with Crippen LogP contribution in [0.2, 0.25) is 0 Å². The number of rotatable bonds is 2. The van der Waals surface area contributed by atoms with Crippen molar-refractivity contribution in [2.24, 2.45) is 0 Å². The summed E-state index contributed by atoms with van der Waals surface area (Å²) in [5, 5.41) is 4.06. The lowest BCUT2D eigenvalue weighted by molar-refractivity contribution is 0.585. The zero-order valence-corrected chi connectivity index (χ0v) is 12.8. The largest absolute Gasteiger partial charge is 0.315 e. The molecule has 0 fully saturated rings. The van der Waals surface area contributed by atoms with Gasteiger partial charge in [0.15, 0.2) is 0 Å². The second-order valence-electron chi connectivity index (χ2n) is 5.19. The lowest BCUT2D eigenvalue weighted by atomic mass is 10.2. The molecule has 1 aliphatic rings. The molecule has 4 heteroatoms. The second-order valence-corrected chi connectivity index (χ2v) is 7.48. The van der Waals surface area contributed by atoms with Gasteiger partial charge in [-0.05, 0) is 36.4 Å². The molecule has 0 radical (unpaired) electrons. The van der Waals surface area contributed by atoms with Gasteiger partial charge in [-0.2, -0.15) is 0 Å². The Morgan fingerprint density at radius 1 is 0.727 bits per heavy atom. The van der Waals surface area contributed by atoms with E-state index >= 15 is 0 Å². The molecule has 1 aliphatic heterocycles. The van der Waals surface area contributed by atoms with Crippen LogP contribution in [0.25, 0.3) is 0 Å². The molecule has 0 bridgehead atoms. The van der Waals surface area contributed by atoms with Crippen LogP contribution in [0.4, 0.5) is 17.1 Å². The van der Waals surface area contributed by atoms with Crippen molar-refractivity contribution in [2.45, 2.75) is 0 Å². The molecule has 1 N–H and O–H groups in total. The van der Waals surface area contributed by atoms with Crippen LogP contribution in [-0.2, 0) is 4.57 Å². The smallest absolute Gasteiger partial charge is 0.294 e. The number of nitrogens with zero attached hydrogens (tertiary/aromatic N) is 1. The summed E-state index contributed by atoms with van der Waals surface area (Å²) in [7, 11) is -2.95. The van der Waals surface area contributed by atoms with E-state index in [-0.39, 0.29) is 0 Å². The highest BCUT2D eigenvalue weighted by molar-refractivity contribution is 7.75. The lowest BCUT2D eigenvalue weighted by Crippen LogP contribution is -2.20. The highest BCUT2D eigenvalue weighted by Gasteiger charge is 2.41. The maximum Gasteiger partial charge on any atom is 0.294 e. The number of hydrogen-bond acceptors (Lipinski definition) is 1. The van der Waals surface area contributed by atoms with E-state index in [0.717, 1.165) is 22.4 Å². The molecule has 3 nitrogen and oxygen atoms in total. The third-order valence-corrected chi connectivity index (χ3v) is 6.34. The maximum absolute atomic E-state index is 13.8. The third-order valence-electron chi connectivity index (χ3n) is 3.79. The topological polar surface area (TPSA) is 32.3 Å². The number of fused-ring (bicyclic) bond motifs is 1. The Labute approximate surface area is 129 Å². The number of benzene rings is 3. The molecular formula is C18H15N2OP. The van der Waals surface area contributed by atoms with Gasteiger partial charge in [-0.25, -0.2) is 0 Å². The van der Waals surface area contributed by atoms with Gasteiger partial charge in [0.25, 0.3) is 7.44 Å². The van der Waals surface area contributed by atoms with E-state index in [4.69, 9.17) is 0 Å². The molecule has 3 aromatic rings. The molecule has 22 heavy (non-hydrogen) atoms. The van der Waals surface area contributed by atoms with Crippen molar-refractivity contribution in [3.05, 3.63) is 84.9 Å². The summed E-state index contributed by atoms with van der Waals surface area (Å²) >= 11 is 0. The van der Waals surface area contributed by atoms with Crippen LogP contribution in [0, 0.1) is 0 Å². The van der Waals surface area contributed by atoms with Crippen LogP contribution in [0.1, 0.15) is 0 Å². The molecule has 0 aromatic heterocycles. The van der Waals surface area contributed by atoms with Gasteiger partial charge in [-0.15, -0.1) is 0 Å². The fraction of sp³-hybridized carbons (Fsp3) is 0. The fourth-order valence-electron chi connectivity index (χ4n) is 2.80. The van der Waals surface area contributed by atoms with E-state index < -0.39 is 7.44 Å². The summed E-state index contributed by atoms with van der Waals surface area (Å²) in [5.74, 6) is 0. The Morgan fingerprint density at radius 2 is 1.32 bits per heavy atom. The first-order valence-corrected chi connectivity index (χ1v) is 8.84. The van der Waals surface area contributed by atoms with E-state index in [0.29, 0.717) is 0 Å². The summed E-state index contributed by atoms with van der Waals surface area (Å²) in [5.41, 5.74) is 2.77. The van der Waals surface area contributed by atoms with Gasteiger partial charge in [-0.1, -0.05) is 48.5 Å². The first-order valence-electron chi connectivity index (χ1n) is 7.18. The van der Waals surface area contributed by atoms with E-state index in [1.165, 1.54) is 0 Å². The second kappa shape index (κ2) is 5.04. The van der Waals surface area contributed by atoms with Gasteiger partial charge in [0.05, 0.1) is 16.7 Å². The van der Waals surface area contributed by atoms with Crippen LogP contribution in [0.15, 0.2) is 84.9 Å². The molecule has 1 heterocycles. The summed E-state index contributed by atoms with van der Waals surface area (Å²) < 4.78 is 15.7. The van der Waals surface area contributed by atoms with Gasteiger partial charge in [-0.3, -0.25) is 9.24 Å². The molecule has 3 aromatic carbocycles. The highest BCUT2D eigenvalue weighted by atomic mass is 31.2. The number of nitrogens with one attached hydrogen (secondary N) is 1. The monoisotopic (exact) mass is 306 g/mol. The summed E-state index contributed by atoms with van der Waals surface area (Å²) in [6.45, 7) is 0. The first-order chi connectivity index (χ1) is 10.8. The van der Waals surface area contributed by atoms with E-state index in [2.05, 4.69) is 5.09 Å². The van der Waals surface area contributed by atoms with Gasteiger partial charge in [0, 0.05) is 5.69 Å². The van der Waals surface area contributed by atoms with Crippen molar-refractivity contribution >= 4 is 29.8 Å². The fourth-order valence-corrected chi connectivity index (χ4v) is 5.29. The molecule has 0 amide bonds.